The minimum Gasteiger partial charge on any atom is -0.491 e. The van der Waals surface area contributed by atoms with Crippen molar-refractivity contribution < 1.29 is 52.0 Å². The van der Waals surface area contributed by atoms with Crippen molar-refractivity contribution in [2.45, 2.75) is 120 Å². The molecule has 7 aromatic rings. The zero-order valence-electron chi connectivity index (χ0n) is 48.7. The van der Waals surface area contributed by atoms with E-state index in [2.05, 4.69) is 48.5 Å². The standard InChI is InChI=1S/C35H45N3O6.C31H34N2O5.2CH4.2ClH/c1-5-8-21-42-33-24-29(35(41)43-22-20-38(6-2)7-3)16-19-31(33)37-34(40)32(36-26(4)39)23-27-14-17-30(18-15-27)44-25-28-12-10-9-11-13-28;1-2-16-35-20-25-12-15-29(30(19-25)38-22-27-9-6-17-36-27)33-31(34)28(32)18-23-10-13-26(14-11-23)37-21-24-7-4-3-5-8-24;;;;/h9-19,24,32H,5-8,20-23,25H2,1-4H3,(H,36,39)(H,37,40);3-15,17,19,28H,2,16,18,20-22,32H2,1H3,(H,33,34);2*1H4;2*1H/t32-;28-;;;;/m11..../s1. The van der Waals surface area contributed by atoms with Gasteiger partial charge in [0.2, 0.25) is 17.7 Å². The number of anilines is 2. The van der Waals surface area contributed by atoms with Crippen LogP contribution < -0.4 is 40.6 Å². The van der Waals surface area contributed by atoms with Crippen LogP contribution in [0.3, 0.4) is 0 Å². The number of nitrogens with one attached hydrogen (secondary N) is 3. The van der Waals surface area contributed by atoms with Crippen molar-refractivity contribution in [3.8, 4) is 23.0 Å². The second-order valence-corrected chi connectivity index (χ2v) is 19.4. The third kappa shape index (κ3) is 26.2. The predicted octanol–water partition coefficient (Wildman–Crippen LogP) is 13.6. The molecule has 0 radical (unpaired) electrons. The molecule has 0 spiro atoms. The number of carbonyl (C=O) groups excluding carboxylic acids is 4. The summed E-state index contributed by atoms with van der Waals surface area (Å²) in [5, 5.41) is 8.56. The van der Waals surface area contributed by atoms with Crippen LogP contribution in [0.5, 0.6) is 23.0 Å². The average molecular weight is 1220 g/mol. The highest BCUT2D eigenvalue weighted by atomic mass is 35.5. The van der Waals surface area contributed by atoms with Crippen molar-refractivity contribution in [2.24, 2.45) is 5.73 Å². The molecule has 0 aliphatic heterocycles. The van der Waals surface area contributed by atoms with Gasteiger partial charge in [0.25, 0.3) is 0 Å². The highest BCUT2D eigenvalue weighted by molar-refractivity contribution is 5.99. The van der Waals surface area contributed by atoms with Crippen molar-refractivity contribution >= 4 is 59.9 Å². The van der Waals surface area contributed by atoms with Gasteiger partial charge < -0.3 is 59.4 Å². The summed E-state index contributed by atoms with van der Waals surface area (Å²) in [6.07, 6.45) is 4.93. The lowest BCUT2D eigenvalue weighted by molar-refractivity contribution is -0.125. The summed E-state index contributed by atoms with van der Waals surface area (Å²) in [6.45, 7) is 15.1. The van der Waals surface area contributed by atoms with Gasteiger partial charge in [-0.1, -0.05) is 140 Å². The molecule has 2 atom stereocenters. The number of amides is 3. The summed E-state index contributed by atoms with van der Waals surface area (Å²) in [5.74, 6) is 1.56. The van der Waals surface area contributed by atoms with Crippen LogP contribution in [-0.2, 0) is 63.1 Å². The number of ether oxygens (including phenoxy) is 6. The molecular formula is C68H89Cl2N5O11. The number of rotatable bonds is 32. The lowest BCUT2D eigenvalue weighted by atomic mass is 10.0. The van der Waals surface area contributed by atoms with Crippen LogP contribution in [0.25, 0.3) is 0 Å². The monoisotopic (exact) mass is 1220 g/mol. The summed E-state index contributed by atoms with van der Waals surface area (Å²) in [4.78, 5) is 53.3. The number of nitrogens with two attached hydrogens (primary N) is 1. The maximum atomic E-state index is 13.4. The van der Waals surface area contributed by atoms with E-state index in [9.17, 15) is 19.2 Å². The second kappa shape index (κ2) is 41.2. The van der Waals surface area contributed by atoms with E-state index >= 15 is 0 Å². The number of hydrogen-bond acceptors (Lipinski definition) is 13. The number of carbonyl (C=O) groups is 4. The third-order valence-electron chi connectivity index (χ3n) is 12.9. The van der Waals surface area contributed by atoms with Gasteiger partial charge in [0.1, 0.15) is 61.2 Å². The molecule has 0 unspecified atom stereocenters. The maximum absolute atomic E-state index is 13.4. The Kier molecular flexibility index (Phi) is 35.6. The molecule has 0 aliphatic rings. The van der Waals surface area contributed by atoms with Gasteiger partial charge in [-0.3, -0.25) is 14.4 Å². The number of likely N-dealkylation sites (N-methyl/N-ethyl adjacent to an activating group) is 1. The SMILES string of the molecule is C.C.CCCCOc1cc(C(=O)OCCN(CC)CC)ccc1NC(=O)[C@@H](Cc1ccc(OCc2ccccc2)cc1)NC(C)=O.CCCOCc1ccc(NC(=O)[C@H](N)Cc2ccc(OCc3ccccc3)cc2)c(OCc2ccco2)c1.Cl.Cl. The maximum Gasteiger partial charge on any atom is 0.338 e. The van der Waals surface area contributed by atoms with Crippen LogP contribution in [0.15, 0.2) is 168 Å². The van der Waals surface area contributed by atoms with Gasteiger partial charge in [0.15, 0.2) is 0 Å². The first kappa shape index (κ1) is 74.2. The Bertz CT molecular complexity index is 3010. The zero-order chi connectivity index (χ0) is 58.3. The number of unbranched alkanes of at least 4 members (excludes halogenated alkanes) is 1. The Morgan fingerprint density at radius 2 is 1.10 bits per heavy atom. The molecule has 7 rings (SSSR count). The summed E-state index contributed by atoms with van der Waals surface area (Å²) in [7, 11) is 0. The van der Waals surface area contributed by atoms with Crippen molar-refractivity contribution in [3.63, 3.8) is 0 Å². The number of benzene rings is 6. The highest BCUT2D eigenvalue weighted by Crippen LogP contribution is 2.30. The Labute approximate surface area is 521 Å². The Hall–Kier alpha value is -7.86. The van der Waals surface area contributed by atoms with Gasteiger partial charge in [-0.25, -0.2) is 4.79 Å². The highest BCUT2D eigenvalue weighted by Gasteiger charge is 2.23. The molecular weight excluding hydrogens is 1130 g/mol. The topological polar surface area (TPSA) is 202 Å². The quantitative estimate of drug-likeness (QED) is 0.0229. The van der Waals surface area contributed by atoms with Gasteiger partial charge in [-0.05, 0) is 127 Å². The number of esters is 1. The molecule has 0 bridgehead atoms. The van der Waals surface area contributed by atoms with E-state index in [1.54, 1.807) is 30.5 Å². The second-order valence-electron chi connectivity index (χ2n) is 19.4. The molecule has 3 amide bonds. The first-order valence-corrected chi connectivity index (χ1v) is 28.1. The third-order valence-corrected chi connectivity index (χ3v) is 12.9. The minimum atomic E-state index is -0.836. The minimum absolute atomic E-state index is 0. The Balaban J connectivity index is 0.000000565. The fourth-order valence-corrected chi connectivity index (χ4v) is 8.25. The van der Waals surface area contributed by atoms with Gasteiger partial charge in [-0.2, -0.15) is 0 Å². The summed E-state index contributed by atoms with van der Waals surface area (Å²) >= 11 is 0. The first-order valence-electron chi connectivity index (χ1n) is 28.1. The van der Waals surface area contributed by atoms with Crippen LogP contribution in [-0.4, -0.2) is 80.1 Å². The van der Waals surface area contributed by atoms with Crippen LogP contribution >= 0.6 is 24.8 Å². The molecule has 0 saturated heterocycles. The van der Waals surface area contributed by atoms with E-state index in [1.807, 2.05) is 133 Å². The lowest BCUT2D eigenvalue weighted by Gasteiger charge is -2.20. The van der Waals surface area contributed by atoms with Crippen molar-refractivity contribution in [3.05, 3.63) is 203 Å². The van der Waals surface area contributed by atoms with Crippen molar-refractivity contribution in [2.75, 3.05) is 50.1 Å². The normalized spacial score (nSPS) is 11.0. The predicted molar refractivity (Wildman–Crippen MR) is 347 cm³/mol. The summed E-state index contributed by atoms with van der Waals surface area (Å²) in [5.41, 5.74) is 12.5. The van der Waals surface area contributed by atoms with Gasteiger partial charge in [0, 0.05) is 26.5 Å². The number of hydrogen-bond donors (Lipinski definition) is 4. The van der Waals surface area contributed by atoms with E-state index in [-0.39, 0.29) is 71.1 Å². The van der Waals surface area contributed by atoms with Crippen LogP contribution in [0, 0.1) is 0 Å². The van der Waals surface area contributed by atoms with Gasteiger partial charge in [0.05, 0.1) is 42.5 Å². The van der Waals surface area contributed by atoms with Crippen molar-refractivity contribution in [1.29, 1.82) is 0 Å². The molecule has 5 N–H and O–H groups in total. The first-order chi connectivity index (χ1) is 39.9. The fraction of sp³-hybridized carbons (Fsp3) is 0.353. The number of furan rings is 1. The van der Waals surface area contributed by atoms with E-state index in [4.69, 9.17) is 38.6 Å². The summed E-state index contributed by atoms with van der Waals surface area (Å²) in [6, 6.07) is 47.4. The molecule has 0 fully saturated rings. The van der Waals surface area contributed by atoms with Crippen LogP contribution in [0.4, 0.5) is 11.4 Å². The molecule has 1 heterocycles. The fourth-order valence-electron chi connectivity index (χ4n) is 8.25. The van der Waals surface area contributed by atoms with E-state index in [0.717, 1.165) is 65.9 Å². The molecule has 466 valence electrons. The molecule has 18 heteroatoms. The smallest absolute Gasteiger partial charge is 0.338 e. The van der Waals surface area contributed by atoms with Crippen LogP contribution in [0.2, 0.25) is 0 Å². The molecule has 86 heavy (non-hydrogen) atoms. The average Bonchev–Trinajstić information content (AvgIpc) is 4.09. The zero-order valence-corrected chi connectivity index (χ0v) is 50.3. The number of halogens is 2. The Morgan fingerprint density at radius 3 is 1.65 bits per heavy atom. The summed E-state index contributed by atoms with van der Waals surface area (Å²) < 4.78 is 40.2. The largest absolute Gasteiger partial charge is 0.491 e. The van der Waals surface area contributed by atoms with E-state index in [1.165, 1.54) is 6.92 Å². The lowest BCUT2D eigenvalue weighted by Crippen LogP contribution is -2.44. The molecule has 16 nitrogen and oxygen atoms in total. The molecule has 0 aliphatic carbocycles. The number of nitrogens with zero attached hydrogens (tertiary/aromatic N) is 1. The van der Waals surface area contributed by atoms with Gasteiger partial charge in [-0.15, -0.1) is 24.8 Å². The molecule has 0 saturated carbocycles. The van der Waals surface area contributed by atoms with Crippen LogP contribution in [0.1, 0.15) is 113 Å². The molecule has 1 aromatic heterocycles. The molecule has 6 aromatic carbocycles. The Morgan fingerprint density at radius 1 is 0.547 bits per heavy atom. The van der Waals surface area contributed by atoms with E-state index < -0.39 is 24.0 Å². The van der Waals surface area contributed by atoms with E-state index in [0.29, 0.717) is 85.9 Å². The van der Waals surface area contributed by atoms with Crippen molar-refractivity contribution in [1.82, 2.24) is 10.2 Å². The van der Waals surface area contributed by atoms with Gasteiger partial charge >= 0.3 is 5.97 Å².